The molecule has 2 unspecified atom stereocenters. The van der Waals surface area contributed by atoms with Crippen molar-refractivity contribution in [2.24, 2.45) is 11.8 Å². The number of phenols is 1. The number of nitrogens with zero attached hydrogens (tertiary/aromatic N) is 1. The Morgan fingerprint density at radius 1 is 0.956 bits per heavy atom. The molecule has 2 aromatic carbocycles. The van der Waals surface area contributed by atoms with Gasteiger partial charge in [0.2, 0.25) is 23.5 Å². The van der Waals surface area contributed by atoms with E-state index >= 15 is 0 Å². The lowest BCUT2D eigenvalue weighted by atomic mass is 9.89. The molecule has 1 aliphatic rings. The van der Waals surface area contributed by atoms with Crippen molar-refractivity contribution in [2.75, 3.05) is 7.05 Å². The predicted molar refractivity (Wildman–Crippen MR) is 150 cm³/mol. The van der Waals surface area contributed by atoms with E-state index in [1.165, 1.54) is 45.2 Å². The molecule has 10 nitrogen and oxygen atoms in total. The van der Waals surface area contributed by atoms with Crippen LogP contribution >= 0.6 is 0 Å². The third-order valence-corrected chi connectivity index (χ3v) is 8.17. The molecule has 1 heterocycles. The minimum Gasteiger partial charge on any atom is -0.507 e. The van der Waals surface area contributed by atoms with Gasteiger partial charge in [0.05, 0.1) is 29.7 Å². The second kappa shape index (κ2) is 14.2. The van der Waals surface area contributed by atoms with Gasteiger partial charge in [0.15, 0.2) is 23.3 Å². The number of carbonyl (C=O) groups excluding carboxylic acids is 4. The molecule has 3 rings (SSSR count). The molecule has 4 amide bonds. The first-order valence-electron chi connectivity index (χ1n) is 14.2. The number of nitrogens with one attached hydrogen (secondary N) is 3. The normalized spacial score (nSPS) is 25.5. The molecule has 0 spiro atoms. The van der Waals surface area contributed by atoms with E-state index in [9.17, 15) is 51.3 Å². The number of phenolic OH excluding ortho intramolecular Hbond substituents is 1. The van der Waals surface area contributed by atoms with Crippen LogP contribution in [0.25, 0.3) is 0 Å². The summed E-state index contributed by atoms with van der Waals surface area (Å²) in [6.07, 6.45) is -2.73. The third kappa shape index (κ3) is 7.18. The smallest absolute Gasteiger partial charge is 0.255 e. The Morgan fingerprint density at radius 2 is 1.51 bits per heavy atom. The van der Waals surface area contributed by atoms with Crippen LogP contribution in [0.5, 0.6) is 5.75 Å². The number of benzene rings is 2. The molecule has 246 valence electrons. The van der Waals surface area contributed by atoms with Crippen molar-refractivity contribution < 1.29 is 51.3 Å². The van der Waals surface area contributed by atoms with E-state index in [4.69, 9.17) is 0 Å². The maximum atomic E-state index is 14.7. The molecule has 1 aliphatic heterocycles. The van der Waals surface area contributed by atoms with Gasteiger partial charge in [-0.2, -0.15) is 0 Å². The first-order valence-corrected chi connectivity index (χ1v) is 14.2. The average molecular weight is 643 g/mol. The summed E-state index contributed by atoms with van der Waals surface area (Å²) in [6, 6.07) is -0.538. The van der Waals surface area contributed by atoms with Crippen molar-refractivity contribution in [2.45, 2.75) is 70.8 Å². The summed E-state index contributed by atoms with van der Waals surface area (Å²) in [7, 11) is 1.30. The fourth-order valence-corrected chi connectivity index (χ4v) is 5.27. The predicted octanol–water partition coefficient (Wildman–Crippen LogP) is 2.30. The summed E-state index contributed by atoms with van der Waals surface area (Å²) in [5.41, 5.74) is -1.60. The fraction of sp³-hybridized carbons (Fsp3) is 0.467. The van der Waals surface area contributed by atoms with E-state index in [0.29, 0.717) is 6.42 Å². The Kier molecular flexibility index (Phi) is 11.1. The monoisotopic (exact) mass is 642 g/mol. The maximum absolute atomic E-state index is 14.7. The van der Waals surface area contributed by atoms with Gasteiger partial charge in [-0.3, -0.25) is 19.2 Å². The van der Waals surface area contributed by atoms with Crippen molar-refractivity contribution >= 4 is 23.6 Å². The second-order valence-corrected chi connectivity index (χ2v) is 11.2. The molecular formula is C30H35F5N4O6. The van der Waals surface area contributed by atoms with Crippen LogP contribution in [0.2, 0.25) is 0 Å². The lowest BCUT2D eigenvalue weighted by Crippen LogP contribution is -2.64. The highest BCUT2D eigenvalue weighted by molar-refractivity contribution is 6.00. The highest BCUT2D eigenvalue weighted by atomic mass is 19.2. The van der Waals surface area contributed by atoms with Crippen molar-refractivity contribution in [3.05, 3.63) is 64.5 Å². The number of carbonyl (C=O) groups is 4. The number of halogens is 5. The van der Waals surface area contributed by atoms with E-state index < -0.39 is 113 Å². The van der Waals surface area contributed by atoms with Crippen molar-refractivity contribution in [1.82, 2.24) is 20.9 Å². The number of hydrogen-bond acceptors (Lipinski definition) is 6. The van der Waals surface area contributed by atoms with Crippen LogP contribution in [0.3, 0.4) is 0 Å². The number of hydrogen-bond donors (Lipinski definition) is 5. The van der Waals surface area contributed by atoms with Crippen molar-refractivity contribution in [1.29, 1.82) is 0 Å². The maximum Gasteiger partial charge on any atom is 0.255 e. The number of aromatic hydroxyl groups is 1. The van der Waals surface area contributed by atoms with E-state index in [0.717, 1.165) is 4.90 Å². The van der Waals surface area contributed by atoms with Crippen molar-refractivity contribution in [3.63, 3.8) is 0 Å². The summed E-state index contributed by atoms with van der Waals surface area (Å²) in [5, 5.41) is 28.6. The molecule has 0 radical (unpaired) electrons. The molecule has 1 fully saturated rings. The van der Waals surface area contributed by atoms with Gasteiger partial charge in [-0.1, -0.05) is 39.3 Å². The van der Waals surface area contributed by atoms with E-state index in [-0.39, 0.29) is 5.56 Å². The summed E-state index contributed by atoms with van der Waals surface area (Å²) in [6.45, 7) is 5.99. The van der Waals surface area contributed by atoms with Crippen LogP contribution in [-0.2, 0) is 20.8 Å². The Hall–Kier alpha value is -4.27. The quantitative estimate of drug-likeness (QED) is 0.186. The minimum atomic E-state index is -2.41. The lowest BCUT2D eigenvalue weighted by molar-refractivity contribution is -0.148. The molecule has 0 aliphatic carbocycles. The lowest BCUT2D eigenvalue weighted by Gasteiger charge is -2.38. The Balaban J connectivity index is 2.15. The van der Waals surface area contributed by atoms with Gasteiger partial charge in [0, 0.05) is 19.0 Å². The number of aliphatic hydroxyl groups excluding tert-OH is 1. The SMILES string of the molecule is CCC(C)C1C(=O)N[C@H](C)[C@H](NC(=O)c2ccccc2O)C(=O)N[C@@H](Cc2c(F)c(F)c(F)c(F)c2F)[C@@H](O)[C@@H](C)C(=O)N1C. The molecule has 5 N–H and O–H groups in total. The van der Waals surface area contributed by atoms with Gasteiger partial charge in [-0.05, 0) is 25.0 Å². The molecular weight excluding hydrogens is 607 g/mol. The summed E-state index contributed by atoms with van der Waals surface area (Å²) in [5.74, 6) is -17.3. The number of rotatable bonds is 6. The molecule has 1 saturated heterocycles. The molecule has 45 heavy (non-hydrogen) atoms. The first-order chi connectivity index (χ1) is 21.0. The Labute approximate surface area is 256 Å². The molecule has 0 bridgehead atoms. The van der Waals surface area contributed by atoms with E-state index in [2.05, 4.69) is 16.0 Å². The van der Waals surface area contributed by atoms with Crippen LogP contribution in [0.1, 0.15) is 50.0 Å². The number of aliphatic hydroxyl groups is 1. The molecule has 7 atom stereocenters. The standard InChI is InChI=1S/C30H35F5N4O6/c1-6-12(2)25-29(44)36-14(4)24(38-27(42)15-9-7-8-10-18(15)40)28(43)37-17(26(41)13(3)30(45)39(25)5)11-16-19(31)21(33)23(35)22(34)20(16)32/h7-10,12-14,17,24-26,40-41H,6,11H2,1-5H3,(H,36,44)(H,37,43)(H,38,42)/t12?,13-,14-,17+,24+,25?,26+/m1/s1. The van der Waals surface area contributed by atoms with Crippen molar-refractivity contribution in [3.8, 4) is 5.75 Å². The number of likely N-dealkylation sites (N-methyl/N-ethyl adjacent to an activating group) is 1. The topological polar surface area (TPSA) is 148 Å². The molecule has 15 heteroatoms. The number of amides is 4. The zero-order chi connectivity index (χ0) is 33.9. The molecule has 0 saturated carbocycles. The summed E-state index contributed by atoms with van der Waals surface area (Å²) >= 11 is 0. The largest absolute Gasteiger partial charge is 0.507 e. The Morgan fingerprint density at radius 3 is 2.07 bits per heavy atom. The van der Waals surface area contributed by atoms with Crippen LogP contribution < -0.4 is 16.0 Å². The van der Waals surface area contributed by atoms with E-state index in [1.807, 2.05) is 0 Å². The fourth-order valence-electron chi connectivity index (χ4n) is 5.27. The third-order valence-electron chi connectivity index (χ3n) is 8.17. The summed E-state index contributed by atoms with van der Waals surface area (Å²) in [4.78, 5) is 54.8. The van der Waals surface area contributed by atoms with Crippen LogP contribution in [-0.4, -0.2) is 76.1 Å². The van der Waals surface area contributed by atoms with Crippen LogP contribution in [0, 0.1) is 40.9 Å². The van der Waals surface area contributed by atoms with Crippen LogP contribution in [0.4, 0.5) is 22.0 Å². The highest BCUT2D eigenvalue weighted by Gasteiger charge is 2.42. The van der Waals surface area contributed by atoms with Gasteiger partial charge in [-0.15, -0.1) is 0 Å². The molecule has 2 aromatic rings. The molecule has 0 aromatic heterocycles. The van der Waals surface area contributed by atoms with Crippen LogP contribution in [0.15, 0.2) is 24.3 Å². The van der Waals surface area contributed by atoms with E-state index in [1.54, 1.807) is 13.8 Å². The zero-order valence-electron chi connectivity index (χ0n) is 25.1. The van der Waals surface area contributed by atoms with Gasteiger partial charge in [0.25, 0.3) is 5.91 Å². The van der Waals surface area contributed by atoms with Gasteiger partial charge in [-0.25, -0.2) is 22.0 Å². The van der Waals surface area contributed by atoms with Gasteiger partial charge >= 0.3 is 0 Å². The average Bonchev–Trinajstić information content (AvgIpc) is 3.01. The zero-order valence-corrected chi connectivity index (χ0v) is 25.1. The minimum absolute atomic E-state index is 0.246. The number of para-hydroxylation sites is 1. The van der Waals surface area contributed by atoms with Gasteiger partial charge in [0.1, 0.15) is 17.8 Å². The Bertz CT molecular complexity index is 1450. The summed E-state index contributed by atoms with van der Waals surface area (Å²) < 4.78 is 71.2. The second-order valence-electron chi connectivity index (χ2n) is 11.2. The highest BCUT2D eigenvalue weighted by Crippen LogP contribution is 2.27. The van der Waals surface area contributed by atoms with Gasteiger partial charge < -0.3 is 31.1 Å². The first kappa shape index (κ1) is 35.2.